The molecule has 4 heterocycles. The third kappa shape index (κ3) is 23.8. The molecule has 8 rings (SSSR count). The summed E-state index contributed by atoms with van der Waals surface area (Å²) < 4.78 is 64.7. The number of rotatable bonds is 35. The Kier molecular flexibility index (Phi) is 35.5. The molecule has 0 spiro atoms. The molecular formula is C73H95GdN6O15-. The minimum atomic E-state index is -0.962. The number of aliphatic imine (C=N–C) groups is 4. The van der Waals surface area contributed by atoms with Crippen molar-refractivity contribution >= 4 is 53.2 Å². The molecule has 1 unspecified atom stereocenters. The van der Waals surface area contributed by atoms with Gasteiger partial charge in [-0.15, -0.1) is 5.69 Å². The summed E-state index contributed by atoms with van der Waals surface area (Å²) in [5.74, 6) is 0.803. The van der Waals surface area contributed by atoms with E-state index in [1.807, 2.05) is 54.9 Å². The van der Waals surface area contributed by atoms with Gasteiger partial charge in [0.05, 0.1) is 127 Å². The summed E-state index contributed by atoms with van der Waals surface area (Å²) in [6, 6.07) is 30.2. The first kappa shape index (κ1) is 78.9. The van der Waals surface area contributed by atoms with Crippen LogP contribution in [0.2, 0.25) is 0 Å². The Morgan fingerprint density at radius 1 is 0.600 bits per heavy atom. The number of carboxylic acid groups (broad SMARTS) is 2. The third-order valence-corrected chi connectivity index (χ3v) is 15.6. The molecule has 3 aliphatic heterocycles. The fourth-order valence-electron chi connectivity index (χ4n) is 11.0. The number of allylic oxidation sites excluding steroid dienone is 3. The van der Waals surface area contributed by atoms with E-state index >= 15 is 0 Å². The second-order valence-corrected chi connectivity index (χ2v) is 21.9. The topological polar surface area (TPSA) is 266 Å². The average Bonchev–Trinajstić information content (AvgIpc) is 1.53. The minimum absolute atomic E-state index is 0. The van der Waals surface area contributed by atoms with Crippen LogP contribution in [0, 0.1) is 39.9 Å². The minimum Gasteiger partial charge on any atom is -0.661 e. The molecule has 95 heavy (non-hydrogen) atoms. The molecule has 516 valence electrons. The van der Waals surface area contributed by atoms with Gasteiger partial charge in [-0.1, -0.05) is 85.6 Å². The Labute approximate surface area is 591 Å². The second kappa shape index (κ2) is 42.7. The number of hydrogen-bond donors (Lipinski definition) is 3. The number of hydrogen-bond acceptors (Lipinski definition) is 18. The summed E-state index contributed by atoms with van der Waals surface area (Å²) in [4.78, 5) is 44.7. The molecule has 0 saturated heterocycles. The van der Waals surface area contributed by atoms with Crippen LogP contribution in [0.25, 0.3) is 6.08 Å². The van der Waals surface area contributed by atoms with Crippen molar-refractivity contribution in [2.24, 2.45) is 25.7 Å². The van der Waals surface area contributed by atoms with E-state index in [0.29, 0.717) is 121 Å². The van der Waals surface area contributed by atoms with E-state index in [4.69, 9.17) is 103 Å². The maximum Gasteiger partial charge on any atom is 0.300 e. The Bertz CT molecular complexity index is 3350. The van der Waals surface area contributed by atoms with Crippen molar-refractivity contribution in [2.45, 2.75) is 98.1 Å². The predicted octanol–water partition coefficient (Wildman–Crippen LogP) is 11.5. The van der Waals surface area contributed by atoms with Crippen LogP contribution in [0.4, 0.5) is 11.4 Å². The maximum atomic E-state index is 9.00. The molecule has 0 amide bonds. The molecule has 0 radical (unpaired) electrons. The molecule has 5 aromatic rings. The van der Waals surface area contributed by atoms with Gasteiger partial charge in [0.1, 0.15) is 30.3 Å². The van der Waals surface area contributed by atoms with E-state index in [2.05, 4.69) is 82.3 Å². The van der Waals surface area contributed by atoms with Gasteiger partial charge in [0.2, 0.25) is 0 Å². The molecule has 3 aliphatic rings. The Hall–Kier alpha value is -6.80. The van der Waals surface area contributed by atoms with E-state index in [9.17, 15) is 0 Å². The zero-order chi connectivity index (χ0) is 67.7. The van der Waals surface area contributed by atoms with Crippen molar-refractivity contribution in [1.82, 2.24) is 4.98 Å². The van der Waals surface area contributed by atoms with Gasteiger partial charge in [-0.05, 0) is 129 Å². The van der Waals surface area contributed by atoms with Crippen LogP contribution in [0.1, 0.15) is 106 Å². The molecular weight excluding hydrogens is 1360 g/mol. The fourth-order valence-corrected chi connectivity index (χ4v) is 11.0. The van der Waals surface area contributed by atoms with Gasteiger partial charge >= 0.3 is 0 Å². The number of nitrogens with zero attached hydrogens (tertiary/aromatic N) is 5. The smallest absolute Gasteiger partial charge is 0.300 e. The first-order valence-electron chi connectivity index (χ1n) is 32.0. The SMILES string of the molecule is CC(=O)O.CC(=O)O.CCc1c2[n-]c(c1CC)CC1N=C(C=Nc3cc(OCCOCCOCCOC)c(OCCOCCOCCOC)cc3N=CC3=N/C(=C\2)C(CCCN)=C3C)C(C)=C1CCCOC(c1ccccc1)(c1ccc(OC)cc1)c1ccc(OC)cc1.[Gd]. The number of fused-ring (bicyclic) bond motifs is 5. The zero-order valence-corrected chi connectivity index (χ0v) is 59.0. The zero-order valence-electron chi connectivity index (χ0n) is 56.7. The average molecular weight is 1450 g/mol. The van der Waals surface area contributed by atoms with Crippen molar-refractivity contribution < 1.29 is 112 Å². The van der Waals surface area contributed by atoms with Crippen molar-refractivity contribution in [3.63, 3.8) is 0 Å². The molecule has 6 bridgehead atoms. The Morgan fingerprint density at radius 3 is 1.55 bits per heavy atom. The summed E-state index contributed by atoms with van der Waals surface area (Å²) >= 11 is 0. The fraction of sp³-hybridized carbons (Fsp3) is 0.452. The summed E-state index contributed by atoms with van der Waals surface area (Å²) in [5.41, 5.74) is 20.6. The molecule has 21 nitrogen and oxygen atoms in total. The number of carbonyl (C=O) groups is 2. The first-order valence-corrected chi connectivity index (χ1v) is 32.0. The van der Waals surface area contributed by atoms with Gasteiger partial charge in [0.15, 0.2) is 11.5 Å². The molecule has 0 saturated carbocycles. The summed E-state index contributed by atoms with van der Waals surface area (Å²) in [6.45, 7) is 16.7. The van der Waals surface area contributed by atoms with Crippen molar-refractivity contribution in [2.75, 3.05) is 121 Å². The van der Waals surface area contributed by atoms with E-state index in [-0.39, 0.29) is 59.2 Å². The van der Waals surface area contributed by atoms with E-state index < -0.39 is 17.5 Å². The summed E-state index contributed by atoms with van der Waals surface area (Å²) in [5, 5.41) is 14.8. The van der Waals surface area contributed by atoms with Crippen molar-refractivity contribution in [3.8, 4) is 23.0 Å². The van der Waals surface area contributed by atoms with Crippen molar-refractivity contribution in [1.29, 1.82) is 0 Å². The number of benzene rings is 4. The van der Waals surface area contributed by atoms with Gasteiger partial charge < -0.3 is 73.0 Å². The Morgan fingerprint density at radius 2 is 1.07 bits per heavy atom. The summed E-state index contributed by atoms with van der Waals surface area (Å²) in [7, 11) is 6.65. The largest absolute Gasteiger partial charge is 0.661 e. The molecule has 1 atom stereocenters. The number of aromatic nitrogens is 1. The first-order chi connectivity index (χ1) is 45.7. The number of aliphatic carboxylic acids is 2. The van der Waals surface area contributed by atoms with Gasteiger partial charge in [-0.3, -0.25) is 24.6 Å². The van der Waals surface area contributed by atoms with Crippen molar-refractivity contribution in [3.05, 3.63) is 158 Å². The number of nitrogens with two attached hydrogens (primary N) is 1. The molecule has 4 aromatic carbocycles. The van der Waals surface area contributed by atoms with Crippen LogP contribution in [-0.2, 0) is 67.6 Å². The van der Waals surface area contributed by atoms with Crippen LogP contribution >= 0.6 is 0 Å². The quantitative estimate of drug-likeness (QED) is 0.0251. The monoisotopic (exact) mass is 1450 g/mol. The van der Waals surface area contributed by atoms with Gasteiger partial charge in [-0.25, -0.2) is 4.99 Å². The standard InChI is InChI=1S/C69H87N6O11.2C2H4O2.Gd/c1-9-55-56(10-2)60-43-62-58(19-15-29-86-69(50-16-12-11-13-17-50,51-20-24-53(78-7)25-21-51)52-22-26-54(79-8)27-23-52)49(4)66(75-62)47-72-64-45-68(85-41-39-83-37-35-81-33-31-77-6)67(84-40-38-82-36-34-80-32-30-76-5)44-63(64)71-46-65-48(3)57(18-14-28-70)61(74-65)42-59(55)73-60;2*1-2(3)4;/h11-13,16-17,20-27,42,44-47,62H,9-10,14-15,18-19,28-41,43,70H2,1-8H3;2*1H3,(H,3,4);/q-1;;;/b61-42-,71-46?,72-47?;;;. The van der Waals surface area contributed by atoms with Crippen LogP contribution in [0.5, 0.6) is 23.0 Å². The number of carboxylic acids is 2. The molecule has 0 fully saturated rings. The van der Waals surface area contributed by atoms with Gasteiger partial charge in [-0.2, -0.15) is 5.69 Å². The van der Waals surface area contributed by atoms with Crippen LogP contribution < -0.4 is 29.7 Å². The number of methoxy groups -OCH3 is 4. The van der Waals surface area contributed by atoms with Crippen LogP contribution in [0.15, 0.2) is 139 Å². The van der Waals surface area contributed by atoms with Crippen LogP contribution in [0.3, 0.4) is 0 Å². The van der Waals surface area contributed by atoms with E-state index in [1.54, 1.807) is 28.4 Å². The van der Waals surface area contributed by atoms with Crippen LogP contribution in [-0.4, -0.2) is 173 Å². The summed E-state index contributed by atoms with van der Waals surface area (Å²) in [6.07, 6.45) is 11.1. The third-order valence-electron chi connectivity index (χ3n) is 15.6. The predicted molar refractivity (Wildman–Crippen MR) is 367 cm³/mol. The molecule has 4 N–H and O–H groups in total. The number of ether oxygens (including phenoxy) is 11. The second-order valence-electron chi connectivity index (χ2n) is 21.9. The van der Waals surface area contributed by atoms with Gasteiger partial charge in [0.25, 0.3) is 11.9 Å². The molecule has 0 aliphatic carbocycles. The van der Waals surface area contributed by atoms with E-state index in [1.165, 1.54) is 16.7 Å². The Balaban J connectivity index is 0.00000172. The molecule has 22 heteroatoms. The maximum absolute atomic E-state index is 9.00. The normalized spacial score (nSPS) is 14.6. The molecule has 1 aromatic heterocycles. The van der Waals surface area contributed by atoms with E-state index in [0.717, 1.165) is 113 Å². The van der Waals surface area contributed by atoms with Gasteiger partial charge in [0, 0.05) is 86.7 Å².